The van der Waals surface area contributed by atoms with E-state index in [9.17, 15) is 4.79 Å². The summed E-state index contributed by atoms with van der Waals surface area (Å²) in [6.45, 7) is 5.87. The second-order valence-corrected chi connectivity index (χ2v) is 5.91. The number of nitrogens with one attached hydrogen (secondary N) is 2. The fourth-order valence-electron chi connectivity index (χ4n) is 2.51. The molecule has 0 spiro atoms. The van der Waals surface area contributed by atoms with Gasteiger partial charge in [-0.25, -0.2) is 0 Å². The molecule has 0 unspecified atom stereocenters. The summed E-state index contributed by atoms with van der Waals surface area (Å²) in [6, 6.07) is 1.64. The highest BCUT2D eigenvalue weighted by molar-refractivity contribution is 6.00. The predicted octanol–water partition coefficient (Wildman–Crippen LogP) is 1.35. The zero-order valence-electron chi connectivity index (χ0n) is 15.0. The molecule has 0 saturated heterocycles. The van der Waals surface area contributed by atoms with Gasteiger partial charge in [0.1, 0.15) is 0 Å². The van der Waals surface area contributed by atoms with Crippen molar-refractivity contribution in [1.29, 1.82) is 0 Å². The smallest absolute Gasteiger partial charge is 0.253 e. The van der Waals surface area contributed by atoms with Gasteiger partial charge >= 0.3 is 0 Å². The molecule has 0 radical (unpaired) electrons. The monoisotopic (exact) mass is 346 g/mol. The molecule has 0 saturated carbocycles. The number of rotatable bonds is 9. The second-order valence-electron chi connectivity index (χ2n) is 5.91. The fourth-order valence-corrected chi connectivity index (χ4v) is 2.51. The van der Waals surface area contributed by atoms with E-state index in [2.05, 4.69) is 39.6 Å². The van der Waals surface area contributed by atoms with Crippen LogP contribution >= 0.6 is 0 Å². The predicted molar refractivity (Wildman–Crippen MR) is 96.8 cm³/mol. The van der Waals surface area contributed by atoms with Crippen molar-refractivity contribution < 1.29 is 9.90 Å². The van der Waals surface area contributed by atoms with Gasteiger partial charge in [-0.3, -0.25) is 19.4 Å². The van der Waals surface area contributed by atoms with E-state index < -0.39 is 0 Å². The summed E-state index contributed by atoms with van der Waals surface area (Å²) in [5.41, 5.74) is 2.74. The first-order valence-electron chi connectivity index (χ1n) is 8.37. The fraction of sp³-hybridized carbons (Fsp3) is 0.471. The van der Waals surface area contributed by atoms with E-state index >= 15 is 0 Å². The number of anilines is 2. The lowest BCUT2D eigenvalue weighted by molar-refractivity contribution is 0.0945. The minimum absolute atomic E-state index is 0.100. The molecule has 0 aliphatic heterocycles. The first-order chi connectivity index (χ1) is 12.0. The molecule has 136 valence electrons. The Morgan fingerprint density at radius 3 is 2.92 bits per heavy atom. The van der Waals surface area contributed by atoms with E-state index in [0.29, 0.717) is 17.9 Å². The number of carbonyl (C=O) groups excluding carboxylic acids is 1. The van der Waals surface area contributed by atoms with Gasteiger partial charge in [0, 0.05) is 12.7 Å². The van der Waals surface area contributed by atoms with Gasteiger partial charge in [-0.1, -0.05) is 6.92 Å². The number of aromatic nitrogens is 3. The van der Waals surface area contributed by atoms with E-state index in [1.165, 1.54) is 0 Å². The van der Waals surface area contributed by atoms with Gasteiger partial charge in [-0.2, -0.15) is 5.10 Å². The molecule has 0 aliphatic rings. The van der Waals surface area contributed by atoms with Crippen LogP contribution in [0.3, 0.4) is 0 Å². The minimum atomic E-state index is -0.258. The van der Waals surface area contributed by atoms with Crippen molar-refractivity contribution in [3.63, 3.8) is 0 Å². The average Bonchev–Trinajstić information content (AvgIpc) is 2.92. The summed E-state index contributed by atoms with van der Waals surface area (Å²) in [6.07, 6.45) is 6.18. The van der Waals surface area contributed by atoms with E-state index in [0.717, 1.165) is 24.3 Å². The Morgan fingerprint density at radius 1 is 1.40 bits per heavy atom. The van der Waals surface area contributed by atoms with Crippen molar-refractivity contribution >= 4 is 17.3 Å². The van der Waals surface area contributed by atoms with Crippen molar-refractivity contribution in [3.8, 4) is 0 Å². The van der Waals surface area contributed by atoms with Gasteiger partial charge in [0.15, 0.2) is 0 Å². The van der Waals surface area contributed by atoms with Crippen LogP contribution in [0.1, 0.15) is 29.4 Å². The highest BCUT2D eigenvalue weighted by Crippen LogP contribution is 2.22. The van der Waals surface area contributed by atoms with Gasteiger partial charge in [-0.05, 0) is 33.0 Å². The first kappa shape index (κ1) is 18.9. The van der Waals surface area contributed by atoms with Gasteiger partial charge in [-0.15, -0.1) is 0 Å². The molecule has 8 heteroatoms. The summed E-state index contributed by atoms with van der Waals surface area (Å²) in [7, 11) is 2.05. The quantitative estimate of drug-likeness (QED) is 0.634. The summed E-state index contributed by atoms with van der Waals surface area (Å²) in [5, 5.41) is 19.3. The Labute approximate surface area is 147 Å². The Kier molecular flexibility index (Phi) is 6.91. The zero-order valence-corrected chi connectivity index (χ0v) is 15.0. The van der Waals surface area contributed by atoms with Crippen LogP contribution in [0.2, 0.25) is 0 Å². The van der Waals surface area contributed by atoms with Gasteiger partial charge < -0.3 is 15.7 Å². The number of pyridine rings is 1. The highest BCUT2D eigenvalue weighted by Gasteiger charge is 2.13. The Hall–Kier alpha value is -2.45. The van der Waals surface area contributed by atoms with Gasteiger partial charge in [0.05, 0.1) is 48.3 Å². The number of amides is 1. The van der Waals surface area contributed by atoms with Crippen LogP contribution in [0.4, 0.5) is 11.4 Å². The molecule has 2 heterocycles. The maximum atomic E-state index is 12.2. The maximum Gasteiger partial charge on any atom is 0.253 e. The van der Waals surface area contributed by atoms with Crippen LogP contribution in [-0.4, -0.2) is 57.4 Å². The number of aryl methyl sites for hydroxylation is 1. The maximum absolute atomic E-state index is 12.2. The molecular weight excluding hydrogens is 320 g/mol. The first-order valence-corrected chi connectivity index (χ1v) is 8.37. The number of hydrogen-bond acceptors (Lipinski definition) is 6. The summed E-state index contributed by atoms with van der Waals surface area (Å²) in [5.74, 6) is -0.258. The van der Waals surface area contributed by atoms with Crippen LogP contribution in [0.15, 0.2) is 24.7 Å². The van der Waals surface area contributed by atoms with Crippen LogP contribution in [0, 0.1) is 6.92 Å². The van der Waals surface area contributed by atoms with Crippen molar-refractivity contribution in [2.75, 3.05) is 32.1 Å². The lowest BCUT2D eigenvalue weighted by atomic mass is 10.2. The van der Waals surface area contributed by atoms with Crippen molar-refractivity contribution in [2.45, 2.75) is 26.9 Å². The third-order valence-corrected chi connectivity index (χ3v) is 3.67. The summed E-state index contributed by atoms with van der Waals surface area (Å²) < 4.78 is 1.87. The highest BCUT2D eigenvalue weighted by atomic mass is 16.3. The van der Waals surface area contributed by atoms with Crippen LogP contribution in [0.25, 0.3) is 0 Å². The third-order valence-electron chi connectivity index (χ3n) is 3.67. The van der Waals surface area contributed by atoms with Crippen molar-refractivity contribution in [1.82, 2.24) is 25.0 Å². The Morgan fingerprint density at radius 2 is 2.20 bits per heavy atom. The summed E-state index contributed by atoms with van der Waals surface area (Å²) in [4.78, 5) is 18.5. The van der Waals surface area contributed by atoms with Crippen molar-refractivity contribution in [3.05, 3.63) is 35.9 Å². The molecule has 25 heavy (non-hydrogen) atoms. The number of carbonyl (C=O) groups is 1. The molecule has 1 amide bonds. The molecule has 2 rings (SSSR count). The summed E-state index contributed by atoms with van der Waals surface area (Å²) >= 11 is 0. The molecule has 0 aromatic carbocycles. The normalized spacial score (nSPS) is 10.9. The van der Waals surface area contributed by atoms with Gasteiger partial charge in [0.2, 0.25) is 0 Å². The minimum Gasteiger partial charge on any atom is -0.395 e. The lowest BCUT2D eigenvalue weighted by Gasteiger charge is -2.15. The number of aliphatic hydroxyl groups excluding tert-OH is 1. The largest absolute Gasteiger partial charge is 0.395 e. The SMILES string of the molecule is CCCN(C)Cn1cc(Nc2cnccc2C(=O)NCCO)c(C)n1. The standard InChI is InChI=1S/C17H26N6O2/c1-4-8-22(3)12-23-11-16(13(2)21-23)20-15-10-18-6-5-14(15)17(25)19-7-9-24/h5-6,10-11,20,24H,4,7-9,12H2,1-3H3,(H,19,25). The molecule has 0 atom stereocenters. The molecular formula is C17H26N6O2. The Balaban J connectivity index is 2.14. The molecule has 2 aromatic heterocycles. The van der Waals surface area contributed by atoms with Crippen LogP contribution in [-0.2, 0) is 6.67 Å². The number of aliphatic hydroxyl groups is 1. The lowest BCUT2D eigenvalue weighted by Crippen LogP contribution is -2.27. The topological polar surface area (TPSA) is 95.3 Å². The molecule has 3 N–H and O–H groups in total. The number of nitrogens with zero attached hydrogens (tertiary/aromatic N) is 4. The van der Waals surface area contributed by atoms with Crippen LogP contribution in [0.5, 0.6) is 0 Å². The molecule has 0 aliphatic carbocycles. The number of hydrogen-bond donors (Lipinski definition) is 3. The molecule has 8 nitrogen and oxygen atoms in total. The van der Waals surface area contributed by atoms with Crippen LogP contribution < -0.4 is 10.6 Å². The van der Waals surface area contributed by atoms with E-state index in [1.807, 2.05) is 17.8 Å². The molecule has 2 aromatic rings. The molecule has 0 fully saturated rings. The van der Waals surface area contributed by atoms with E-state index in [1.54, 1.807) is 18.5 Å². The van der Waals surface area contributed by atoms with Gasteiger partial charge in [0.25, 0.3) is 5.91 Å². The zero-order chi connectivity index (χ0) is 18.2. The van der Waals surface area contributed by atoms with E-state index in [-0.39, 0.29) is 19.1 Å². The third kappa shape index (κ3) is 5.27. The van der Waals surface area contributed by atoms with E-state index in [4.69, 9.17) is 5.11 Å². The Bertz CT molecular complexity index is 700. The molecule has 0 bridgehead atoms. The van der Waals surface area contributed by atoms with Crippen molar-refractivity contribution in [2.24, 2.45) is 0 Å². The average molecular weight is 346 g/mol. The second kappa shape index (κ2) is 9.14.